The van der Waals surface area contributed by atoms with Crippen molar-refractivity contribution in [2.75, 3.05) is 5.73 Å². The Bertz CT molecular complexity index is 656. The van der Waals surface area contributed by atoms with Crippen LogP contribution in [0.15, 0.2) is 36.4 Å². The lowest BCUT2D eigenvalue weighted by Gasteiger charge is -2.10. The van der Waals surface area contributed by atoms with Crippen LogP contribution in [0.1, 0.15) is 21.5 Å². The molecule has 0 heterocycles. The fourth-order valence-electron chi connectivity index (χ4n) is 1.77. The smallest absolute Gasteiger partial charge is 0.248 e. The standard InChI is InChI=1S/C15H15FN2O2/c1-9-2-5-14(13(17)6-9)20-8-11-4-3-10(15(18)19)7-12(11)16/h2-7H,8,17H2,1H3,(H2,18,19). The van der Waals surface area contributed by atoms with E-state index in [2.05, 4.69) is 0 Å². The predicted octanol–water partition coefficient (Wildman–Crippen LogP) is 2.39. The molecule has 0 saturated heterocycles. The monoisotopic (exact) mass is 274 g/mol. The molecule has 0 saturated carbocycles. The van der Waals surface area contributed by atoms with Gasteiger partial charge in [0.2, 0.25) is 5.91 Å². The van der Waals surface area contributed by atoms with Gasteiger partial charge in [0, 0.05) is 11.1 Å². The first-order valence-corrected chi connectivity index (χ1v) is 6.04. The maximum Gasteiger partial charge on any atom is 0.248 e. The lowest BCUT2D eigenvalue weighted by molar-refractivity contribution is 0.0999. The van der Waals surface area contributed by atoms with Crippen molar-refractivity contribution < 1.29 is 13.9 Å². The van der Waals surface area contributed by atoms with Crippen LogP contribution < -0.4 is 16.2 Å². The number of primary amides is 1. The maximum absolute atomic E-state index is 13.8. The van der Waals surface area contributed by atoms with Crippen molar-refractivity contribution in [1.82, 2.24) is 0 Å². The molecule has 104 valence electrons. The van der Waals surface area contributed by atoms with E-state index in [0.717, 1.165) is 11.6 Å². The van der Waals surface area contributed by atoms with Crippen LogP contribution in [0.4, 0.5) is 10.1 Å². The number of hydrogen-bond acceptors (Lipinski definition) is 3. The van der Waals surface area contributed by atoms with Gasteiger partial charge in [-0.05, 0) is 36.8 Å². The molecular weight excluding hydrogens is 259 g/mol. The number of nitrogen functional groups attached to an aromatic ring is 1. The quantitative estimate of drug-likeness (QED) is 0.840. The van der Waals surface area contributed by atoms with Crippen molar-refractivity contribution in [2.24, 2.45) is 5.73 Å². The molecule has 0 aliphatic carbocycles. The predicted molar refractivity (Wildman–Crippen MR) is 74.8 cm³/mol. The van der Waals surface area contributed by atoms with Crippen LogP contribution in [0.2, 0.25) is 0 Å². The van der Waals surface area contributed by atoms with Crippen LogP contribution >= 0.6 is 0 Å². The van der Waals surface area contributed by atoms with Gasteiger partial charge in [-0.3, -0.25) is 4.79 Å². The number of aryl methyl sites for hydroxylation is 1. The molecule has 2 rings (SSSR count). The number of anilines is 1. The lowest BCUT2D eigenvalue weighted by atomic mass is 10.1. The number of hydrogen-bond donors (Lipinski definition) is 2. The van der Waals surface area contributed by atoms with Crippen LogP contribution in [0.25, 0.3) is 0 Å². The van der Waals surface area contributed by atoms with Crippen LogP contribution in [0, 0.1) is 12.7 Å². The average Bonchev–Trinajstić information content (AvgIpc) is 2.38. The number of benzene rings is 2. The highest BCUT2D eigenvalue weighted by Gasteiger charge is 2.08. The number of carbonyl (C=O) groups excluding carboxylic acids is 1. The molecule has 0 unspecified atom stereocenters. The van der Waals surface area contributed by atoms with E-state index < -0.39 is 11.7 Å². The summed E-state index contributed by atoms with van der Waals surface area (Å²) < 4.78 is 19.2. The summed E-state index contributed by atoms with van der Waals surface area (Å²) >= 11 is 0. The molecule has 1 amide bonds. The Kier molecular flexibility index (Phi) is 3.89. The highest BCUT2D eigenvalue weighted by molar-refractivity contribution is 5.92. The molecule has 0 bridgehead atoms. The molecule has 0 radical (unpaired) electrons. The zero-order valence-corrected chi connectivity index (χ0v) is 11.0. The van der Waals surface area contributed by atoms with E-state index in [9.17, 15) is 9.18 Å². The minimum absolute atomic E-state index is 0.0259. The van der Waals surface area contributed by atoms with Crippen LogP contribution in [-0.2, 0) is 6.61 Å². The molecule has 0 fully saturated rings. The first-order chi connectivity index (χ1) is 9.47. The number of rotatable bonds is 4. The fraction of sp³-hybridized carbons (Fsp3) is 0.133. The molecule has 2 aromatic carbocycles. The van der Waals surface area contributed by atoms with Crippen molar-refractivity contribution >= 4 is 11.6 Å². The van der Waals surface area contributed by atoms with Gasteiger partial charge in [-0.1, -0.05) is 12.1 Å². The summed E-state index contributed by atoms with van der Waals surface area (Å²) in [5.74, 6) is -0.708. The van der Waals surface area contributed by atoms with Crippen molar-refractivity contribution in [3.05, 3.63) is 58.9 Å². The Hall–Kier alpha value is -2.56. The maximum atomic E-state index is 13.8. The molecule has 5 heteroatoms. The number of ether oxygens (including phenoxy) is 1. The van der Waals surface area contributed by atoms with E-state index in [1.165, 1.54) is 12.1 Å². The third-order valence-electron chi connectivity index (χ3n) is 2.89. The van der Waals surface area contributed by atoms with Gasteiger partial charge < -0.3 is 16.2 Å². The van der Waals surface area contributed by atoms with Gasteiger partial charge in [0.15, 0.2) is 0 Å². The molecule has 0 aromatic heterocycles. The molecule has 0 atom stereocenters. The molecule has 4 N–H and O–H groups in total. The zero-order valence-electron chi connectivity index (χ0n) is 11.0. The van der Waals surface area contributed by atoms with Crippen LogP contribution in [0.5, 0.6) is 5.75 Å². The normalized spacial score (nSPS) is 10.3. The minimum Gasteiger partial charge on any atom is -0.487 e. The molecule has 20 heavy (non-hydrogen) atoms. The van der Waals surface area contributed by atoms with E-state index in [4.69, 9.17) is 16.2 Å². The summed E-state index contributed by atoms with van der Waals surface area (Å²) in [7, 11) is 0. The summed E-state index contributed by atoms with van der Waals surface area (Å²) in [5, 5.41) is 0. The second-order valence-electron chi connectivity index (χ2n) is 4.50. The average molecular weight is 274 g/mol. The summed E-state index contributed by atoms with van der Waals surface area (Å²) in [5.41, 5.74) is 12.9. The third-order valence-corrected chi connectivity index (χ3v) is 2.89. The van der Waals surface area contributed by atoms with Gasteiger partial charge in [0.05, 0.1) is 5.69 Å². The second kappa shape index (κ2) is 5.61. The van der Waals surface area contributed by atoms with Gasteiger partial charge in [-0.15, -0.1) is 0 Å². The molecular formula is C15H15FN2O2. The Balaban J connectivity index is 2.13. The highest BCUT2D eigenvalue weighted by atomic mass is 19.1. The summed E-state index contributed by atoms with van der Waals surface area (Å²) in [4.78, 5) is 10.9. The van der Waals surface area contributed by atoms with Crippen molar-refractivity contribution in [3.8, 4) is 5.75 Å². The van der Waals surface area contributed by atoms with Gasteiger partial charge in [-0.2, -0.15) is 0 Å². The summed E-state index contributed by atoms with van der Waals surface area (Å²) in [6, 6.07) is 9.41. The Morgan fingerprint density at radius 1 is 1.25 bits per heavy atom. The van der Waals surface area contributed by atoms with Crippen molar-refractivity contribution in [2.45, 2.75) is 13.5 Å². The first-order valence-electron chi connectivity index (χ1n) is 6.04. The van der Waals surface area contributed by atoms with Crippen LogP contribution in [0.3, 0.4) is 0 Å². The Morgan fingerprint density at radius 3 is 2.60 bits per heavy atom. The van der Waals surface area contributed by atoms with Gasteiger partial charge in [-0.25, -0.2) is 4.39 Å². The SMILES string of the molecule is Cc1ccc(OCc2ccc(C(N)=O)cc2F)c(N)c1. The molecule has 2 aromatic rings. The zero-order chi connectivity index (χ0) is 14.7. The topological polar surface area (TPSA) is 78.3 Å². The third kappa shape index (κ3) is 3.06. The summed E-state index contributed by atoms with van der Waals surface area (Å²) in [6.45, 7) is 1.94. The lowest BCUT2D eigenvalue weighted by Crippen LogP contribution is -2.12. The molecule has 0 aliphatic rings. The second-order valence-corrected chi connectivity index (χ2v) is 4.50. The molecule has 4 nitrogen and oxygen atoms in total. The number of halogens is 1. The minimum atomic E-state index is -0.667. The highest BCUT2D eigenvalue weighted by Crippen LogP contribution is 2.23. The van der Waals surface area contributed by atoms with Crippen LogP contribution in [-0.4, -0.2) is 5.91 Å². The van der Waals surface area contributed by atoms with Gasteiger partial charge in [0.25, 0.3) is 0 Å². The van der Waals surface area contributed by atoms with Gasteiger partial charge >= 0.3 is 0 Å². The molecule has 0 aliphatic heterocycles. The van der Waals surface area contributed by atoms with E-state index in [-0.39, 0.29) is 12.2 Å². The van der Waals surface area contributed by atoms with E-state index in [1.807, 2.05) is 13.0 Å². The van der Waals surface area contributed by atoms with E-state index in [0.29, 0.717) is 17.0 Å². The Morgan fingerprint density at radius 2 is 2.00 bits per heavy atom. The summed E-state index contributed by atoms with van der Waals surface area (Å²) in [6.07, 6.45) is 0. The Labute approximate surface area is 116 Å². The first kappa shape index (κ1) is 13.9. The van der Waals surface area contributed by atoms with Gasteiger partial charge in [0.1, 0.15) is 18.2 Å². The van der Waals surface area contributed by atoms with Crippen molar-refractivity contribution in [3.63, 3.8) is 0 Å². The van der Waals surface area contributed by atoms with E-state index in [1.54, 1.807) is 12.1 Å². The van der Waals surface area contributed by atoms with Crippen molar-refractivity contribution in [1.29, 1.82) is 0 Å². The molecule has 0 spiro atoms. The number of amides is 1. The van der Waals surface area contributed by atoms with E-state index >= 15 is 0 Å². The number of nitrogens with two attached hydrogens (primary N) is 2. The fourth-order valence-corrected chi connectivity index (χ4v) is 1.77. The largest absolute Gasteiger partial charge is 0.487 e. The number of carbonyl (C=O) groups is 1.